The average Bonchev–Trinajstić information content (AvgIpc) is 2.55. The van der Waals surface area contributed by atoms with Crippen molar-refractivity contribution < 1.29 is 9.53 Å². The second-order valence-electron chi connectivity index (χ2n) is 4.65. The first-order valence-corrected chi connectivity index (χ1v) is 7.19. The lowest BCUT2D eigenvalue weighted by Crippen LogP contribution is -2.30. The fraction of sp³-hybridized carbons (Fsp3) is 0.176. The van der Waals surface area contributed by atoms with E-state index in [1.54, 1.807) is 24.3 Å². The molecule has 0 aliphatic heterocycles. The molecule has 0 unspecified atom stereocenters. The number of ether oxygens (including phenoxy) is 1. The SMILES string of the molecule is N#Cc1cccc(OCC(=O)NCCc2ccc(Cl)cc2)c1. The van der Waals surface area contributed by atoms with Gasteiger partial charge in [-0.2, -0.15) is 5.26 Å². The van der Waals surface area contributed by atoms with E-state index in [1.807, 2.05) is 30.3 Å². The molecule has 4 nitrogen and oxygen atoms in total. The van der Waals surface area contributed by atoms with E-state index < -0.39 is 0 Å². The average molecular weight is 315 g/mol. The van der Waals surface area contributed by atoms with E-state index in [2.05, 4.69) is 5.32 Å². The van der Waals surface area contributed by atoms with Crippen molar-refractivity contribution in [2.24, 2.45) is 0 Å². The van der Waals surface area contributed by atoms with Gasteiger partial charge >= 0.3 is 0 Å². The molecule has 1 amide bonds. The van der Waals surface area contributed by atoms with Crippen molar-refractivity contribution in [3.8, 4) is 11.8 Å². The Morgan fingerprint density at radius 3 is 2.73 bits per heavy atom. The molecule has 0 fully saturated rings. The van der Waals surface area contributed by atoms with Gasteiger partial charge in [-0.25, -0.2) is 0 Å². The van der Waals surface area contributed by atoms with Crippen molar-refractivity contribution in [1.82, 2.24) is 5.32 Å². The fourth-order valence-electron chi connectivity index (χ4n) is 1.85. The predicted molar refractivity (Wildman–Crippen MR) is 84.8 cm³/mol. The number of hydrogen-bond donors (Lipinski definition) is 1. The molecule has 0 saturated heterocycles. The van der Waals surface area contributed by atoms with Gasteiger partial charge < -0.3 is 10.1 Å². The first-order chi connectivity index (χ1) is 10.7. The van der Waals surface area contributed by atoms with E-state index in [9.17, 15) is 4.79 Å². The Balaban J connectivity index is 1.71. The van der Waals surface area contributed by atoms with E-state index in [1.165, 1.54) is 0 Å². The number of carbonyl (C=O) groups is 1. The summed E-state index contributed by atoms with van der Waals surface area (Å²) in [6.07, 6.45) is 0.729. The molecule has 0 aromatic heterocycles. The largest absolute Gasteiger partial charge is 0.484 e. The van der Waals surface area contributed by atoms with Gasteiger partial charge in [0.2, 0.25) is 0 Å². The molecule has 0 heterocycles. The maximum Gasteiger partial charge on any atom is 0.257 e. The van der Waals surface area contributed by atoms with Crippen molar-refractivity contribution in [2.75, 3.05) is 13.2 Å². The zero-order valence-corrected chi connectivity index (χ0v) is 12.6. The van der Waals surface area contributed by atoms with E-state index in [0.717, 1.165) is 12.0 Å². The van der Waals surface area contributed by atoms with Crippen molar-refractivity contribution in [3.05, 3.63) is 64.7 Å². The molecular weight excluding hydrogens is 300 g/mol. The molecule has 0 spiro atoms. The quantitative estimate of drug-likeness (QED) is 0.891. The van der Waals surface area contributed by atoms with Gasteiger partial charge in [-0.05, 0) is 42.3 Å². The molecule has 0 bridgehead atoms. The highest BCUT2D eigenvalue weighted by molar-refractivity contribution is 6.30. The van der Waals surface area contributed by atoms with Crippen LogP contribution in [0, 0.1) is 11.3 Å². The summed E-state index contributed by atoms with van der Waals surface area (Å²) < 4.78 is 5.35. The van der Waals surface area contributed by atoms with Crippen molar-refractivity contribution in [1.29, 1.82) is 5.26 Å². The van der Waals surface area contributed by atoms with Gasteiger partial charge in [0.25, 0.3) is 5.91 Å². The Hall–Kier alpha value is -2.51. The van der Waals surface area contributed by atoms with Crippen LogP contribution in [0.1, 0.15) is 11.1 Å². The zero-order valence-electron chi connectivity index (χ0n) is 11.9. The maximum absolute atomic E-state index is 11.7. The molecule has 2 rings (SSSR count). The summed E-state index contributed by atoms with van der Waals surface area (Å²) in [5.74, 6) is 0.309. The normalized spacial score (nSPS) is 9.82. The van der Waals surface area contributed by atoms with Crippen molar-refractivity contribution >= 4 is 17.5 Å². The minimum Gasteiger partial charge on any atom is -0.484 e. The number of amides is 1. The summed E-state index contributed by atoms with van der Waals surface area (Å²) in [6.45, 7) is 0.456. The second kappa shape index (κ2) is 8.06. The Bertz CT molecular complexity index is 678. The van der Waals surface area contributed by atoms with Crippen LogP contribution in [-0.4, -0.2) is 19.1 Å². The number of hydrogen-bond acceptors (Lipinski definition) is 3. The lowest BCUT2D eigenvalue weighted by Gasteiger charge is -2.08. The summed E-state index contributed by atoms with van der Waals surface area (Å²) in [7, 11) is 0. The molecule has 112 valence electrons. The molecule has 22 heavy (non-hydrogen) atoms. The van der Waals surface area contributed by atoms with E-state index in [-0.39, 0.29) is 12.5 Å². The highest BCUT2D eigenvalue weighted by atomic mass is 35.5. The van der Waals surface area contributed by atoms with E-state index in [4.69, 9.17) is 21.6 Å². The number of rotatable bonds is 6. The molecule has 5 heteroatoms. The number of carbonyl (C=O) groups excluding carboxylic acids is 1. The first-order valence-electron chi connectivity index (χ1n) is 6.81. The predicted octanol–water partition coefficient (Wildman–Crippen LogP) is 2.95. The lowest BCUT2D eigenvalue weighted by molar-refractivity contribution is -0.123. The maximum atomic E-state index is 11.7. The molecule has 2 aromatic carbocycles. The van der Waals surface area contributed by atoms with Crippen LogP contribution in [0.3, 0.4) is 0 Å². The number of nitrogens with one attached hydrogen (secondary N) is 1. The summed E-state index contributed by atoms with van der Waals surface area (Å²) in [5.41, 5.74) is 1.60. The van der Waals surface area contributed by atoms with Crippen LogP contribution >= 0.6 is 11.6 Å². The Morgan fingerprint density at radius 1 is 1.23 bits per heavy atom. The monoisotopic (exact) mass is 314 g/mol. The highest BCUT2D eigenvalue weighted by Gasteiger charge is 2.03. The Morgan fingerprint density at radius 2 is 2.00 bits per heavy atom. The molecule has 0 saturated carbocycles. The lowest BCUT2D eigenvalue weighted by atomic mass is 10.1. The number of benzene rings is 2. The van der Waals surface area contributed by atoms with Gasteiger partial charge in [-0.1, -0.05) is 29.8 Å². The van der Waals surface area contributed by atoms with Gasteiger partial charge in [0, 0.05) is 11.6 Å². The van der Waals surface area contributed by atoms with Gasteiger partial charge in [0.1, 0.15) is 5.75 Å². The number of halogens is 1. The Labute approximate surface area is 134 Å². The van der Waals surface area contributed by atoms with Gasteiger partial charge in [-0.15, -0.1) is 0 Å². The second-order valence-corrected chi connectivity index (χ2v) is 5.09. The molecule has 2 aromatic rings. The van der Waals surface area contributed by atoms with Gasteiger partial charge in [0.05, 0.1) is 11.6 Å². The van der Waals surface area contributed by atoms with Crippen LogP contribution in [0.5, 0.6) is 5.75 Å². The third kappa shape index (κ3) is 5.12. The van der Waals surface area contributed by atoms with E-state index in [0.29, 0.717) is 22.9 Å². The van der Waals surface area contributed by atoms with Gasteiger partial charge in [-0.3, -0.25) is 4.79 Å². The topological polar surface area (TPSA) is 62.1 Å². The van der Waals surface area contributed by atoms with Crippen LogP contribution in [-0.2, 0) is 11.2 Å². The fourth-order valence-corrected chi connectivity index (χ4v) is 1.98. The molecule has 0 aliphatic rings. The van der Waals surface area contributed by atoms with Crippen LogP contribution in [0.2, 0.25) is 5.02 Å². The minimum absolute atomic E-state index is 0.0739. The summed E-state index contributed by atoms with van der Waals surface area (Å²) in [6, 6.07) is 16.2. The first kappa shape index (κ1) is 15.9. The van der Waals surface area contributed by atoms with Crippen LogP contribution in [0.4, 0.5) is 0 Å². The molecule has 1 N–H and O–H groups in total. The van der Waals surface area contributed by atoms with Crippen molar-refractivity contribution in [2.45, 2.75) is 6.42 Å². The molecule has 0 aliphatic carbocycles. The van der Waals surface area contributed by atoms with Crippen LogP contribution in [0.15, 0.2) is 48.5 Å². The highest BCUT2D eigenvalue weighted by Crippen LogP contribution is 2.12. The smallest absolute Gasteiger partial charge is 0.257 e. The standard InChI is InChI=1S/C17H15ClN2O2/c18-15-6-4-13(5-7-15)8-9-20-17(21)12-22-16-3-1-2-14(10-16)11-19/h1-7,10H,8-9,12H2,(H,20,21). The van der Waals surface area contributed by atoms with Crippen molar-refractivity contribution in [3.63, 3.8) is 0 Å². The van der Waals surface area contributed by atoms with E-state index >= 15 is 0 Å². The molecule has 0 atom stereocenters. The zero-order chi connectivity index (χ0) is 15.8. The third-order valence-electron chi connectivity index (χ3n) is 2.98. The molecular formula is C17H15ClN2O2. The van der Waals surface area contributed by atoms with Gasteiger partial charge in [0.15, 0.2) is 6.61 Å². The Kier molecular flexibility index (Phi) is 5.81. The van der Waals surface area contributed by atoms with Crippen LogP contribution < -0.4 is 10.1 Å². The minimum atomic E-state index is -0.198. The number of nitrogens with zero attached hydrogens (tertiary/aromatic N) is 1. The summed E-state index contributed by atoms with van der Waals surface area (Å²) in [4.78, 5) is 11.7. The number of nitriles is 1. The summed E-state index contributed by atoms with van der Waals surface area (Å²) >= 11 is 5.81. The van der Waals surface area contributed by atoms with Crippen LogP contribution in [0.25, 0.3) is 0 Å². The third-order valence-corrected chi connectivity index (χ3v) is 3.23. The summed E-state index contributed by atoms with van der Waals surface area (Å²) in [5, 5.41) is 12.3. The molecule has 0 radical (unpaired) electrons.